The lowest BCUT2D eigenvalue weighted by Crippen LogP contribution is -2.30. The number of allylic oxidation sites excluding steroid dienone is 3. The van der Waals surface area contributed by atoms with E-state index in [0.29, 0.717) is 6.54 Å². The lowest BCUT2D eigenvalue weighted by molar-refractivity contribution is -0.116. The van der Waals surface area contributed by atoms with E-state index >= 15 is 0 Å². The van der Waals surface area contributed by atoms with Crippen molar-refractivity contribution in [3.05, 3.63) is 59.2 Å². The number of benzene rings is 1. The Bertz CT molecular complexity index is 498. The fourth-order valence-corrected chi connectivity index (χ4v) is 2.22. The summed E-state index contributed by atoms with van der Waals surface area (Å²) in [5.41, 5.74) is 1.38. The van der Waals surface area contributed by atoms with Gasteiger partial charge in [0, 0.05) is 23.1 Å². The van der Waals surface area contributed by atoms with E-state index < -0.39 is 0 Å². The highest BCUT2D eigenvalue weighted by atomic mass is 35.5. The molecule has 1 fully saturated rings. The summed E-state index contributed by atoms with van der Waals surface area (Å²) in [5, 5.41) is 3.71. The van der Waals surface area contributed by atoms with Gasteiger partial charge in [-0.15, -0.1) is 0 Å². The van der Waals surface area contributed by atoms with E-state index in [1.165, 1.54) is 5.56 Å². The molecule has 0 unspecified atom stereocenters. The first kappa shape index (κ1) is 13.9. The van der Waals surface area contributed by atoms with E-state index in [4.69, 9.17) is 11.6 Å². The van der Waals surface area contributed by atoms with E-state index in [0.717, 1.165) is 17.9 Å². The molecule has 1 aliphatic rings. The van der Waals surface area contributed by atoms with Crippen molar-refractivity contribution in [1.82, 2.24) is 5.32 Å². The highest BCUT2D eigenvalue weighted by molar-refractivity contribution is 6.30. The van der Waals surface area contributed by atoms with Crippen LogP contribution in [0.15, 0.2) is 48.6 Å². The van der Waals surface area contributed by atoms with Gasteiger partial charge in [0.05, 0.1) is 0 Å². The SMILES string of the molecule is CC=CC=CC(=O)NCC1(c2ccc(Cl)cc2)CC1. The molecular formula is C16H18ClNO. The van der Waals surface area contributed by atoms with Gasteiger partial charge < -0.3 is 5.32 Å². The van der Waals surface area contributed by atoms with Crippen molar-refractivity contribution in [3.8, 4) is 0 Å². The third-order valence-corrected chi connectivity index (χ3v) is 3.71. The smallest absolute Gasteiger partial charge is 0.244 e. The van der Waals surface area contributed by atoms with Crippen LogP contribution in [0.4, 0.5) is 0 Å². The number of carbonyl (C=O) groups is 1. The summed E-state index contributed by atoms with van der Waals surface area (Å²) >= 11 is 5.90. The highest BCUT2D eigenvalue weighted by Crippen LogP contribution is 2.47. The second-order valence-corrected chi connectivity index (χ2v) is 5.33. The zero-order chi connectivity index (χ0) is 13.7. The predicted octanol–water partition coefficient (Wildman–Crippen LogP) is 3.62. The largest absolute Gasteiger partial charge is 0.352 e. The van der Waals surface area contributed by atoms with E-state index in [2.05, 4.69) is 17.4 Å². The molecule has 0 radical (unpaired) electrons. The molecule has 0 bridgehead atoms. The molecule has 1 saturated carbocycles. The zero-order valence-corrected chi connectivity index (χ0v) is 11.8. The minimum atomic E-state index is -0.0432. The Morgan fingerprint density at radius 1 is 1.32 bits per heavy atom. The van der Waals surface area contributed by atoms with Gasteiger partial charge >= 0.3 is 0 Å². The van der Waals surface area contributed by atoms with E-state index in [-0.39, 0.29) is 11.3 Å². The molecule has 1 N–H and O–H groups in total. The number of hydrogen-bond acceptors (Lipinski definition) is 1. The van der Waals surface area contributed by atoms with Crippen molar-refractivity contribution >= 4 is 17.5 Å². The average molecular weight is 276 g/mol. The quantitative estimate of drug-likeness (QED) is 0.645. The van der Waals surface area contributed by atoms with Gasteiger partial charge in [-0.3, -0.25) is 4.79 Å². The van der Waals surface area contributed by atoms with Crippen LogP contribution in [0.5, 0.6) is 0 Å². The molecule has 3 heteroatoms. The Balaban J connectivity index is 1.92. The van der Waals surface area contributed by atoms with E-state index in [1.807, 2.05) is 31.2 Å². The number of amides is 1. The maximum absolute atomic E-state index is 11.6. The van der Waals surface area contributed by atoms with E-state index in [9.17, 15) is 4.79 Å². The van der Waals surface area contributed by atoms with Crippen molar-refractivity contribution < 1.29 is 4.79 Å². The lowest BCUT2D eigenvalue weighted by Gasteiger charge is -2.16. The number of hydrogen-bond donors (Lipinski definition) is 1. The van der Waals surface area contributed by atoms with Gasteiger partial charge in [-0.1, -0.05) is 42.0 Å². The molecule has 0 aliphatic heterocycles. The normalized spacial score (nSPS) is 16.9. The van der Waals surface area contributed by atoms with Crippen LogP contribution < -0.4 is 5.32 Å². The minimum absolute atomic E-state index is 0.0432. The molecule has 19 heavy (non-hydrogen) atoms. The summed E-state index contributed by atoms with van der Waals surface area (Å²) in [6.45, 7) is 2.61. The standard InChI is InChI=1S/C16H18ClNO/c1-2-3-4-5-15(19)18-12-16(10-11-16)13-6-8-14(17)9-7-13/h2-9H,10-12H2,1H3,(H,18,19). The van der Waals surface area contributed by atoms with E-state index in [1.54, 1.807) is 12.2 Å². The fourth-order valence-electron chi connectivity index (χ4n) is 2.09. The lowest BCUT2D eigenvalue weighted by atomic mass is 9.96. The molecule has 1 aromatic carbocycles. The number of carbonyl (C=O) groups excluding carboxylic acids is 1. The summed E-state index contributed by atoms with van der Waals surface area (Å²) in [4.78, 5) is 11.6. The molecule has 0 atom stereocenters. The molecule has 2 rings (SSSR count). The van der Waals surface area contributed by atoms with Crippen LogP contribution in [0.3, 0.4) is 0 Å². The van der Waals surface area contributed by atoms with Gasteiger partial charge in [-0.2, -0.15) is 0 Å². The summed E-state index contributed by atoms with van der Waals surface area (Å²) in [6, 6.07) is 7.92. The van der Waals surface area contributed by atoms with Gasteiger partial charge in [-0.25, -0.2) is 0 Å². The maximum atomic E-state index is 11.6. The number of halogens is 1. The topological polar surface area (TPSA) is 29.1 Å². The van der Waals surface area contributed by atoms with Crippen LogP contribution in [-0.4, -0.2) is 12.5 Å². The van der Waals surface area contributed by atoms with Gasteiger partial charge in [0.15, 0.2) is 0 Å². The Labute approximate surface area is 119 Å². The minimum Gasteiger partial charge on any atom is -0.352 e. The zero-order valence-electron chi connectivity index (χ0n) is 11.0. The second-order valence-electron chi connectivity index (χ2n) is 4.89. The Morgan fingerprint density at radius 2 is 2.00 bits per heavy atom. The molecule has 1 amide bonds. The summed E-state index contributed by atoms with van der Waals surface area (Å²) in [6.07, 6.45) is 9.27. The predicted molar refractivity (Wildman–Crippen MR) is 79.3 cm³/mol. The van der Waals surface area contributed by atoms with Crippen molar-refractivity contribution in [3.63, 3.8) is 0 Å². The molecule has 1 aromatic rings. The molecule has 0 heterocycles. The average Bonchev–Trinajstić information content (AvgIpc) is 3.19. The third-order valence-electron chi connectivity index (χ3n) is 3.46. The number of nitrogens with one attached hydrogen (secondary N) is 1. The van der Waals surface area contributed by atoms with Crippen LogP contribution in [0.1, 0.15) is 25.3 Å². The van der Waals surface area contributed by atoms with Gasteiger partial charge in [0.2, 0.25) is 5.91 Å². The summed E-state index contributed by atoms with van der Waals surface area (Å²) in [7, 11) is 0. The van der Waals surface area contributed by atoms with Crippen molar-refractivity contribution in [1.29, 1.82) is 0 Å². The Hall–Kier alpha value is -1.54. The third kappa shape index (κ3) is 3.71. The Kier molecular flexibility index (Phi) is 4.43. The molecule has 2 nitrogen and oxygen atoms in total. The number of rotatable bonds is 5. The first-order valence-corrected chi connectivity index (χ1v) is 6.87. The monoisotopic (exact) mass is 275 g/mol. The van der Waals surface area contributed by atoms with Crippen LogP contribution in [0.25, 0.3) is 0 Å². The second kappa shape index (κ2) is 6.07. The van der Waals surface area contributed by atoms with Crippen molar-refractivity contribution in [2.45, 2.75) is 25.2 Å². The van der Waals surface area contributed by atoms with Crippen LogP contribution in [0.2, 0.25) is 5.02 Å². The van der Waals surface area contributed by atoms with Crippen LogP contribution >= 0.6 is 11.6 Å². The first-order chi connectivity index (χ1) is 9.16. The molecule has 100 valence electrons. The molecular weight excluding hydrogens is 258 g/mol. The summed E-state index contributed by atoms with van der Waals surface area (Å²) < 4.78 is 0. The van der Waals surface area contributed by atoms with Crippen molar-refractivity contribution in [2.24, 2.45) is 0 Å². The molecule has 0 saturated heterocycles. The van der Waals surface area contributed by atoms with Gasteiger partial charge in [0.1, 0.15) is 0 Å². The molecule has 0 aromatic heterocycles. The molecule has 1 aliphatic carbocycles. The Morgan fingerprint density at radius 3 is 2.58 bits per heavy atom. The maximum Gasteiger partial charge on any atom is 0.244 e. The van der Waals surface area contributed by atoms with Crippen molar-refractivity contribution in [2.75, 3.05) is 6.54 Å². The van der Waals surface area contributed by atoms with Gasteiger partial charge in [-0.05, 0) is 37.5 Å². The fraction of sp³-hybridized carbons (Fsp3) is 0.312. The summed E-state index contributed by atoms with van der Waals surface area (Å²) in [5.74, 6) is -0.0432. The molecule has 0 spiro atoms. The van der Waals surface area contributed by atoms with Crippen LogP contribution in [0, 0.1) is 0 Å². The highest BCUT2D eigenvalue weighted by Gasteiger charge is 2.44. The van der Waals surface area contributed by atoms with Gasteiger partial charge in [0.25, 0.3) is 0 Å². The van der Waals surface area contributed by atoms with Crippen LogP contribution in [-0.2, 0) is 10.2 Å². The first-order valence-electron chi connectivity index (χ1n) is 6.49.